The molecule has 1 fully saturated rings. The number of nitrogens with zero attached hydrogens (tertiary/aromatic N) is 2. The maximum Gasteiger partial charge on any atom is 0.306 e. The summed E-state index contributed by atoms with van der Waals surface area (Å²) in [6, 6.07) is 0. The van der Waals surface area contributed by atoms with Crippen molar-refractivity contribution in [2.24, 2.45) is 5.41 Å². The van der Waals surface area contributed by atoms with Crippen LogP contribution in [-0.4, -0.2) is 28.8 Å². The van der Waals surface area contributed by atoms with Crippen molar-refractivity contribution in [3.8, 4) is 0 Å². The highest BCUT2D eigenvalue weighted by Gasteiger charge is 2.44. The highest BCUT2D eigenvalue weighted by molar-refractivity contribution is 7.99. The Morgan fingerprint density at radius 2 is 2.33 bits per heavy atom. The molecule has 0 aromatic carbocycles. The lowest BCUT2D eigenvalue weighted by atomic mass is 10.1. The molecule has 1 aliphatic carbocycles. The van der Waals surface area contributed by atoms with Crippen molar-refractivity contribution >= 4 is 35.0 Å². The first-order valence-electron chi connectivity index (χ1n) is 5.52. The summed E-state index contributed by atoms with van der Waals surface area (Å²) in [5, 5.41) is 0.941. The molecule has 1 saturated carbocycles. The van der Waals surface area contributed by atoms with Crippen LogP contribution < -0.4 is 5.73 Å². The Labute approximate surface area is 114 Å². The number of rotatable bonds is 5. The van der Waals surface area contributed by atoms with Crippen LogP contribution in [0.2, 0.25) is 5.15 Å². The number of methoxy groups -OCH3 is 1. The summed E-state index contributed by atoms with van der Waals surface area (Å²) >= 11 is 7.34. The van der Waals surface area contributed by atoms with Gasteiger partial charge in [0.15, 0.2) is 5.15 Å². The van der Waals surface area contributed by atoms with Gasteiger partial charge in [-0.15, -0.1) is 11.8 Å². The fraction of sp³-hybridized carbons (Fsp3) is 0.545. The number of thioether (sulfide) groups is 1. The van der Waals surface area contributed by atoms with Gasteiger partial charge < -0.3 is 10.5 Å². The molecule has 0 spiro atoms. The summed E-state index contributed by atoms with van der Waals surface area (Å²) in [5.41, 5.74) is 6.23. The van der Waals surface area contributed by atoms with E-state index in [0.29, 0.717) is 17.1 Å². The summed E-state index contributed by atoms with van der Waals surface area (Å²) in [6.45, 7) is 0. The first-order valence-corrected chi connectivity index (χ1v) is 6.88. The maximum absolute atomic E-state index is 11.3. The quantitative estimate of drug-likeness (QED) is 0.508. The fourth-order valence-corrected chi connectivity index (χ4v) is 3.02. The number of ether oxygens (including phenoxy) is 1. The van der Waals surface area contributed by atoms with Gasteiger partial charge in [-0.3, -0.25) is 4.79 Å². The minimum Gasteiger partial charge on any atom is -0.469 e. The molecule has 1 aromatic heterocycles. The summed E-state index contributed by atoms with van der Waals surface area (Å²) in [4.78, 5) is 19.2. The maximum atomic E-state index is 11.3. The molecular formula is C11H14ClN3O2S. The molecule has 1 aliphatic rings. The molecule has 5 nitrogen and oxygen atoms in total. The number of hydrogen-bond acceptors (Lipinski definition) is 6. The van der Waals surface area contributed by atoms with Crippen LogP contribution in [0.3, 0.4) is 0 Å². The van der Waals surface area contributed by atoms with Crippen molar-refractivity contribution in [1.29, 1.82) is 0 Å². The minimum absolute atomic E-state index is 0.0433. The van der Waals surface area contributed by atoms with E-state index in [1.54, 1.807) is 0 Å². The van der Waals surface area contributed by atoms with Crippen molar-refractivity contribution < 1.29 is 9.53 Å². The predicted octanol–water partition coefficient (Wildman–Crippen LogP) is 2.15. The van der Waals surface area contributed by atoms with Crippen LogP contribution in [0.15, 0.2) is 11.4 Å². The van der Waals surface area contributed by atoms with Crippen LogP contribution in [0.4, 0.5) is 5.69 Å². The number of nitrogens with two attached hydrogens (primary N) is 1. The highest BCUT2D eigenvalue weighted by atomic mass is 35.5. The van der Waals surface area contributed by atoms with Gasteiger partial charge in [-0.1, -0.05) is 11.6 Å². The van der Waals surface area contributed by atoms with Crippen molar-refractivity contribution in [2.45, 2.75) is 24.3 Å². The molecule has 1 heterocycles. The smallest absolute Gasteiger partial charge is 0.306 e. The largest absolute Gasteiger partial charge is 0.469 e. The molecule has 98 valence electrons. The topological polar surface area (TPSA) is 78.1 Å². The van der Waals surface area contributed by atoms with Gasteiger partial charge >= 0.3 is 5.97 Å². The Bertz CT molecular complexity index is 466. The number of aromatic nitrogens is 2. The van der Waals surface area contributed by atoms with Gasteiger partial charge in [0.05, 0.1) is 13.5 Å². The van der Waals surface area contributed by atoms with Gasteiger partial charge in [-0.2, -0.15) is 0 Å². The number of nitrogen functional groups attached to an aromatic ring is 1. The number of esters is 1. The lowest BCUT2D eigenvalue weighted by molar-refractivity contribution is -0.141. The third-order valence-electron chi connectivity index (χ3n) is 3.02. The average molecular weight is 288 g/mol. The second-order valence-corrected chi connectivity index (χ2v) is 5.75. The third-order valence-corrected chi connectivity index (χ3v) is 4.67. The minimum atomic E-state index is -0.165. The summed E-state index contributed by atoms with van der Waals surface area (Å²) in [6.07, 6.45) is 3.91. The van der Waals surface area contributed by atoms with Gasteiger partial charge in [-0.25, -0.2) is 9.97 Å². The molecule has 18 heavy (non-hydrogen) atoms. The van der Waals surface area contributed by atoms with Crippen LogP contribution in [0.5, 0.6) is 0 Å². The molecule has 1 aromatic rings. The average Bonchev–Trinajstić information content (AvgIpc) is 3.11. The van der Waals surface area contributed by atoms with Gasteiger partial charge in [0.1, 0.15) is 17.0 Å². The summed E-state index contributed by atoms with van der Waals surface area (Å²) in [5.74, 6) is 0.626. The zero-order chi connectivity index (χ0) is 13.2. The molecule has 0 bridgehead atoms. The Morgan fingerprint density at radius 1 is 1.61 bits per heavy atom. The van der Waals surface area contributed by atoms with Gasteiger partial charge in [-0.05, 0) is 18.3 Å². The van der Waals surface area contributed by atoms with E-state index in [4.69, 9.17) is 22.1 Å². The lowest BCUT2D eigenvalue weighted by Crippen LogP contribution is -2.13. The van der Waals surface area contributed by atoms with Crippen molar-refractivity contribution in [3.05, 3.63) is 11.5 Å². The van der Waals surface area contributed by atoms with Gasteiger partial charge in [0, 0.05) is 5.75 Å². The molecule has 0 atom stereocenters. The fourth-order valence-electron chi connectivity index (χ4n) is 1.62. The van der Waals surface area contributed by atoms with E-state index in [0.717, 1.165) is 18.6 Å². The molecule has 2 rings (SSSR count). The van der Waals surface area contributed by atoms with E-state index >= 15 is 0 Å². The monoisotopic (exact) mass is 287 g/mol. The van der Waals surface area contributed by atoms with E-state index in [2.05, 4.69) is 9.97 Å². The Kier molecular flexibility index (Phi) is 3.97. The van der Waals surface area contributed by atoms with E-state index < -0.39 is 0 Å². The van der Waals surface area contributed by atoms with E-state index in [1.165, 1.54) is 25.2 Å². The van der Waals surface area contributed by atoms with Crippen LogP contribution in [0.25, 0.3) is 0 Å². The standard InChI is InChI=1S/C11H14ClN3O2S/c1-17-7(16)4-11(2-3-11)5-18-10-8(13)9(12)14-6-15-10/h6H,2-5,13H2,1H3. The summed E-state index contributed by atoms with van der Waals surface area (Å²) < 4.78 is 4.70. The van der Waals surface area contributed by atoms with Crippen molar-refractivity contribution in [2.75, 3.05) is 18.6 Å². The number of carbonyl (C=O) groups is 1. The normalized spacial score (nSPS) is 16.3. The number of anilines is 1. The first kappa shape index (κ1) is 13.4. The Balaban J connectivity index is 1.95. The van der Waals surface area contributed by atoms with Gasteiger partial charge in [0.25, 0.3) is 0 Å². The molecule has 0 saturated heterocycles. The Hall–Kier alpha value is -1.01. The van der Waals surface area contributed by atoms with Crippen LogP contribution in [0.1, 0.15) is 19.3 Å². The van der Waals surface area contributed by atoms with Crippen LogP contribution >= 0.6 is 23.4 Å². The van der Waals surface area contributed by atoms with Crippen LogP contribution in [0, 0.1) is 5.41 Å². The third kappa shape index (κ3) is 3.05. The second-order valence-electron chi connectivity index (χ2n) is 4.42. The molecule has 7 heteroatoms. The predicted molar refractivity (Wildman–Crippen MR) is 70.5 cm³/mol. The van der Waals surface area contributed by atoms with E-state index in [9.17, 15) is 4.79 Å². The summed E-state index contributed by atoms with van der Waals surface area (Å²) in [7, 11) is 1.41. The van der Waals surface area contributed by atoms with Crippen molar-refractivity contribution in [1.82, 2.24) is 9.97 Å². The Morgan fingerprint density at radius 3 is 2.94 bits per heavy atom. The lowest BCUT2D eigenvalue weighted by Gasteiger charge is -2.13. The van der Waals surface area contributed by atoms with E-state index in [1.807, 2.05) is 0 Å². The molecular weight excluding hydrogens is 274 g/mol. The zero-order valence-electron chi connectivity index (χ0n) is 9.98. The SMILES string of the molecule is COC(=O)CC1(CSc2ncnc(Cl)c2N)CC1. The number of halogens is 1. The van der Waals surface area contributed by atoms with Crippen molar-refractivity contribution in [3.63, 3.8) is 0 Å². The number of hydrogen-bond donors (Lipinski definition) is 1. The van der Waals surface area contributed by atoms with Gasteiger partial charge in [0.2, 0.25) is 0 Å². The zero-order valence-corrected chi connectivity index (χ0v) is 11.6. The van der Waals surface area contributed by atoms with Crippen LogP contribution in [-0.2, 0) is 9.53 Å². The first-order chi connectivity index (χ1) is 8.56. The van der Waals surface area contributed by atoms with E-state index in [-0.39, 0.29) is 16.5 Å². The molecule has 2 N–H and O–H groups in total. The molecule has 0 radical (unpaired) electrons. The molecule has 0 amide bonds. The highest BCUT2D eigenvalue weighted by Crippen LogP contribution is 2.52. The number of carbonyl (C=O) groups excluding carboxylic acids is 1. The second kappa shape index (κ2) is 5.32. The molecule has 0 aliphatic heterocycles. The molecule has 0 unspecified atom stereocenters.